The molecule has 0 bridgehead atoms. The van der Waals surface area contributed by atoms with Gasteiger partial charge < -0.3 is 49.7 Å². The van der Waals surface area contributed by atoms with Crippen LogP contribution in [0.4, 0.5) is 11.6 Å². The number of anilines is 2. The summed E-state index contributed by atoms with van der Waals surface area (Å²) in [4.78, 5) is 16.6. The molecule has 2 saturated heterocycles. The van der Waals surface area contributed by atoms with Gasteiger partial charge in [0.05, 0.1) is 12.4 Å². The van der Waals surface area contributed by atoms with Crippen LogP contribution in [0.2, 0.25) is 0 Å². The fourth-order valence-electron chi connectivity index (χ4n) is 4.14. The molecule has 0 saturated carbocycles. The predicted octanol–water partition coefficient (Wildman–Crippen LogP) is 3.65. The minimum absolute atomic E-state index is 0.229. The maximum atomic E-state index is 8.50. The second-order valence-electron chi connectivity index (χ2n) is 8.52. The van der Waals surface area contributed by atoms with Crippen LogP contribution in [0.5, 0.6) is 0 Å². The molecule has 2 fully saturated rings. The van der Waals surface area contributed by atoms with Crippen LogP contribution < -0.4 is 10.0 Å². The number of thiol groups is 2. The number of hydrogen-bond donors (Lipinski definition) is 2. The molecule has 0 atom stereocenters. The molecule has 232 valence electrons. The van der Waals surface area contributed by atoms with E-state index in [9.17, 15) is 0 Å². The summed E-state index contributed by atoms with van der Waals surface area (Å²) < 4.78 is 18.2. The Labute approximate surface area is 303 Å². The number of piperidine rings is 2. The summed E-state index contributed by atoms with van der Waals surface area (Å²) in [7, 11) is 0. The van der Waals surface area contributed by atoms with Crippen molar-refractivity contribution in [3.05, 3.63) is 37.2 Å². The number of nitrogens with zero attached hydrogens (tertiary/aromatic N) is 10. The van der Waals surface area contributed by atoms with Gasteiger partial charge in [0, 0.05) is 51.0 Å². The third-order valence-electron chi connectivity index (χ3n) is 5.80. The molecule has 0 aliphatic carbocycles. The Morgan fingerprint density at radius 1 is 0.674 bits per heavy atom. The maximum absolute atomic E-state index is 8.50. The van der Waals surface area contributed by atoms with E-state index in [4.69, 9.17) is 80.9 Å². The molecule has 0 radical (unpaired) electrons. The number of thiocarbonyl (C=S) groups is 4. The number of aromatic nitrogens is 4. The summed E-state index contributed by atoms with van der Waals surface area (Å²) in [5.74, 6) is 1.07. The third kappa shape index (κ3) is 12.4. The van der Waals surface area contributed by atoms with Crippen LogP contribution in [-0.2, 0) is 50.5 Å². The van der Waals surface area contributed by atoms with Gasteiger partial charge in [0.2, 0.25) is 0 Å². The monoisotopic (exact) mass is 818 g/mol. The van der Waals surface area contributed by atoms with Gasteiger partial charge in [-0.05, 0) is 58.8 Å². The predicted molar refractivity (Wildman–Crippen MR) is 188 cm³/mol. The summed E-state index contributed by atoms with van der Waals surface area (Å²) in [5.41, 5.74) is 0. The zero-order chi connectivity index (χ0) is 31.8. The minimum atomic E-state index is -2.03. The van der Waals surface area contributed by atoms with E-state index in [2.05, 4.69) is 55.2 Å². The molecule has 0 aromatic carbocycles. The molecule has 4 heterocycles. The molecular weight excluding hydrogens is 789 g/mol. The van der Waals surface area contributed by atoms with Crippen LogP contribution in [0.1, 0.15) is 38.5 Å². The van der Waals surface area contributed by atoms with Crippen molar-refractivity contribution < 1.29 is 25.3 Å². The third-order valence-corrected chi connectivity index (χ3v) is 7.18. The first kappa shape index (κ1) is 38.3. The van der Waals surface area contributed by atoms with E-state index in [0.717, 1.165) is 51.9 Å². The van der Waals surface area contributed by atoms with Gasteiger partial charge in [0.15, 0.2) is 20.3 Å². The van der Waals surface area contributed by atoms with Crippen molar-refractivity contribution in [1.82, 2.24) is 40.2 Å². The SMILES string of the molecule is S=C([S-])N(c1cnccn1)N(C(=S)S)N1CCCCC1.S=C([S-])N(c1cnccn1)N(C(=S)S)N1CCCCC1.[O]=[Mo+2]=[O]. The van der Waals surface area contributed by atoms with Crippen LogP contribution in [0.25, 0.3) is 0 Å². The van der Waals surface area contributed by atoms with E-state index in [-0.39, 0.29) is 8.64 Å². The Hall–Kier alpha value is -0.932. The Morgan fingerprint density at radius 3 is 1.23 bits per heavy atom. The number of rotatable bonds is 4. The summed E-state index contributed by atoms with van der Waals surface area (Å²) in [6.45, 7) is 3.54. The first-order valence-electron chi connectivity index (χ1n) is 12.7. The van der Waals surface area contributed by atoms with Crippen molar-refractivity contribution in [2.45, 2.75) is 38.5 Å². The van der Waals surface area contributed by atoms with Crippen LogP contribution >= 0.6 is 74.1 Å². The van der Waals surface area contributed by atoms with E-state index in [1.54, 1.807) is 57.4 Å². The molecule has 2 aromatic rings. The van der Waals surface area contributed by atoms with Gasteiger partial charge in [0.1, 0.15) is 0 Å². The average Bonchev–Trinajstić information content (AvgIpc) is 3.00. The number of hydrazine groups is 4. The van der Waals surface area contributed by atoms with Gasteiger partial charge >= 0.3 is 25.3 Å². The summed E-state index contributed by atoms with van der Waals surface area (Å²) >= 11 is 37.8. The fraction of sp³-hybridized carbons (Fsp3) is 0.455. The average molecular weight is 817 g/mol. The zero-order valence-corrected chi connectivity index (χ0v) is 31.3. The molecule has 43 heavy (non-hydrogen) atoms. The molecule has 2 aromatic heterocycles. The van der Waals surface area contributed by atoms with Gasteiger partial charge in [-0.25, -0.2) is 20.0 Å². The molecule has 21 heteroatoms. The second kappa shape index (κ2) is 21.0. The molecule has 0 N–H and O–H groups in total. The summed E-state index contributed by atoms with van der Waals surface area (Å²) in [6, 6.07) is 0. The molecule has 0 spiro atoms. The number of hydrogen-bond acceptors (Lipinski definition) is 14. The summed E-state index contributed by atoms with van der Waals surface area (Å²) in [6.07, 6.45) is 16.4. The van der Waals surface area contributed by atoms with E-state index in [1.807, 2.05) is 0 Å². The Kier molecular flexibility index (Phi) is 18.7. The first-order chi connectivity index (χ1) is 20.6. The van der Waals surface area contributed by atoms with Crippen molar-refractivity contribution in [2.24, 2.45) is 0 Å². The fourth-order valence-corrected chi connectivity index (χ4v) is 5.65. The van der Waals surface area contributed by atoms with Crippen molar-refractivity contribution >= 4 is 128 Å². The van der Waals surface area contributed by atoms with E-state index >= 15 is 0 Å². The van der Waals surface area contributed by atoms with Crippen molar-refractivity contribution in [2.75, 3.05) is 36.2 Å². The van der Waals surface area contributed by atoms with Gasteiger partial charge in [-0.2, -0.15) is 20.3 Å². The van der Waals surface area contributed by atoms with Crippen LogP contribution in [0.3, 0.4) is 0 Å². The Balaban J connectivity index is 0.000000275. The van der Waals surface area contributed by atoms with Crippen molar-refractivity contribution in [3.63, 3.8) is 0 Å². The normalized spacial score (nSPS) is 14.7. The van der Waals surface area contributed by atoms with Crippen molar-refractivity contribution in [3.8, 4) is 0 Å². The quantitative estimate of drug-likeness (QED) is 0.154. The van der Waals surface area contributed by atoms with E-state index < -0.39 is 18.5 Å². The summed E-state index contributed by atoms with van der Waals surface area (Å²) in [5, 5.41) is 10.8. The van der Waals surface area contributed by atoms with E-state index in [1.165, 1.54) is 12.8 Å². The molecule has 12 nitrogen and oxygen atoms in total. The zero-order valence-electron chi connectivity index (χ0n) is 22.6. The first-order valence-corrected chi connectivity index (χ1v) is 17.6. The standard InChI is InChI=1S/2C11H15N5S4.Mo.2O/c2*17-10(18)15(9-8-12-4-5-13-9)16(11(19)20)14-6-2-1-3-7-14;;;/h2*4-5,8H,1-3,6-7H2,(H,17,18)(H,19,20);;;/q;;+2;;/p-2. The Bertz CT molecular complexity index is 1150. The van der Waals surface area contributed by atoms with Crippen molar-refractivity contribution in [1.29, 1.82) is 0 Å². The molecular formula is C22H28MoN10O2S8. The van der Waals surface area contributed by atoms with Gasteiger partial charge in [0.25, 0.3) is 0 Å². The van der Waals surface area contributed by atoms with Gasteiger partial charge in [-0.15, -0.1) is 25.3 Å². The molecule has 2 aliphatic heterocycles. The van der Waals surface area contributed by atoms with Crippen LogP contribution in [-0.4, -0.2) is 83.7 Å². The molecule has 0 amide bonds. The van der Waals surface area contributed by atoms with Crippen LogP contribution in [0.15, 0.2) is 37.2 Å². The van der Waals surface area contributed by atoms with E-state index in [0.29, 0.717) is 20.3 Å². The molecule has 2 aliphatic rings. The topological polar surface area (TPSA) is 105 Å². The Morgan fingerprint density at radius 2 is 1.00 bits per heavy atom. The van der Waals surface area contributed by atoms with Gasteiger partial charge in [-0.3, -0.25) is 9.97 Å². The van der Waals surface area contributed by atoms with Crippen LogP contribution in [0, 0.1) is 0 Å². The second-order valence-corrected chi connectivity index (χ2v) is 13.1. The molecule has 0 unspecified atom stereocenters. The van der Waals surface area contributed by atoms with Gasteiger partial charge in [-0.1, -0.05) is 12.8 Å². The molecule has 4 rings (SSSR count).